The van der Waals surface area contributed by atoms with Gasteiger partial charge in [0, 0.05) is 25.1 Å². The monoisotopic (exact) mass is 286 g/mol. The maximum atomic E-state index is 4.58. The van der Waals surface area contributed by atoms with Crippen LogP contribution in [0.5, 0.6) is 0 Å². The summed E-state index contributed by atoms with van der Waals surface area (Å²) in [6.07, 6.45) is 4.98. The molecule has 1 saturated heterocycles. The predicted octanol–water partition coefficient (Wildman–Crippen LogP) is 1.85. The molecule has 0 amide bonds. The summed E-state index contributed by atoms with van der Waals surface area (Å²) in [7, 11) is 0. The normalized spacial score (nSPS) is 17.2. The zero-order valence-corrected chi connectivity index (χ0v) is 12.7. The number of H-pyrrole nitrogens is 1. The predicted molar refractivity (Wildman–Crippen MR) is 79.8 cm³/mol. The van der Waals surface area contributed by atoms with Gasteiger partial charge in [0.25, 0.3) is 0 Å². The molecule has 0 atom stereocenters. The van der Waals surface area contributed by atoms with Gasteiger partial charge >= 0.3 is 0 Å². The van der Waals surface area contributed by atoms with E-state index in [1.165, 1.54) is 0 Å². The Labute approximate surface area is 125 Å². The number of aromatic nitrogens is 5. The van der Waals surface area contributed by atoms with E-state index in [4.69, 9.17) is 0 Å². The molecule has 2 aromatic heterocycles. The standard InChI is InChI=1S/C15H22N6/c1-3-14-16-7-4-13(18-14)10-21-8-5-12(6-9-21)15-17-11(2)19-20-15/h4,7,12H,3,5-6,8-10H2,1-2H3,(H,17,19,20). The van der Waals surface area contributed by atoms with E-state index in [0.717, 1.165) is 62.1 Å². The maximum Gasteiger partial charge on any atom is 0.153 e. The Morgan fingerprint density at radius 2 is 2.10 bits per heavy atom. The number of piperidine rings is 1. The topological polar surface area (TPSA) is 70.6 Å². The number of rotatable bonds is 4. The van der Waals surface area contributed by atoms with E-state index in [9.17, 15) is 0 Å². The van der Waals surface area contributed by atoms with Crippen molar-refractivity contribution in [1.29, 1.82) is 0 Å². The van der Waals surface area contributed by atoms with Gasteiger partial charge in [-0.3, -0.25) is 10.00 Å². The van der Waals surface area contributed by atoms with Crippen LogP contribution in [0.2, 0.25) is 0 Å². The Morgan fingerprint density at radius 1 is 1.29 bits per heavy atom. The third-order valence-corrected chi connectivity index (χ3v) is 4.03. The molecule has 1 N–H and O–H groups in total. The van der Waals surface area contributed by atoms with Crippen LogP contribution in [0.25, 0.3) is 0 Å². The highest BCUT2D eigenvalue weighted by molar-refractivity contribution is 5.04. The van der Waals surface area contributed by atoms with Crippen molar-refractivity contribution in [2.24, 2.45) is 0 Å². The molecule has 1 fully saturated rings. The van der Waals surface area contributed by atoms with Crippen LogP contribution in [-0.2, 0) is 13.0 Å². The molecule has 21 heavy (non-hydrogen) atoms. The summed E-state index contributed by atoms with van der Waals surface area (Å²) >= 11 is 0. The third-order valence-electron chi connectivity index (χ3n) is 4.03. The molecule has 1 aliphatic rings. The van der Waals surface area contributed by atoms with Gasteiger partial charge in [-0.25, -0.2) is 15.0 Å². The lowest BCUT2D eigenvalue weighted by molar-refractivity contribution is 0.199. The Morgan fingerprint density at radius 3 is 2.76 bits per heavy atom. The van der Waals surface area contributed by atoms with Gasteiger partial charge in [-0.05, 0) is 38.9 Å². The van der Waals surface area contributed by atoms with E-state index in [1.807, 2.05) is 19.2 Å². The van der Waals surface area contributed by atoms with Crippen LogP contribution in [0.3, 0.4) is 0 Å². The van der Waals surface area contributed by atoms with Crippen molar-refractivity contribution in [3.8, 4) is 0 Å². The highest BCUT2D eigenvalue weighted by Gasteiger charge is 2.23. The van der Waals surface area contributed by atoms with E-state index >= 15 is 0 Å². The molecule has 0 radical (unpaired) electrons. The molecule has 1 aliphatic heterocycles. The molecular weight excluding hydrogens is 264 g/mol. The summed E-state index contributed by atoms with van der Waals surface area (Å²) in [6.45, 7) is 7.10. The zero-order chi connectivity index (χ0) is 14.7. The summed E-state index contributed by atoms with van der Waals surface area (Å²) in [5.74, 6) is 3.30. The molecule has 0 aliphatic carbocycles. The van der Waals surface area contributed by atoms with Crippen LogP contribution < -0.4 is 0 Å². The van der Waals surface area contributed by atoms with Gasteiger partial charge in [0.1, 0.15) is 11.6 Å². The van der Waals surface area contributed by atoms with Crippen LogP contribution in [0.4, 0.5) is 0 Å². The van der Waals surface area contributed by atoms with Gasteiger partial charge in [-0.15, -0.1) is 0 Å². The van der Waals surface area contributed by atoms with Crippen molar-refractivity contribution >= 4 is 0 Å². The second-order valence-corrected chi connectivity index (χ2v) is 5.65. The molecule has 0 spiro atoms. The lowest BCUT2D eigenvalue weighted by Gasteiger charge is -2.30. The Kier molecular flexibility index (Phi) is 4.24. The van der Waals surface area contributed by atoms with Gasteiger partial charge in [0.2, 0.25) is 0 Å². The fourth-order valence-corrected chi connectivity index (χ4v) is 2.82. The fourth-order valence-electron chi connectivity index (χ4n) is 2.82. The van der Waals surface area contributed by atoms with Gasteiger partial charge in [0.15, 0.2) is 5.82 Å². The Hall–Kier alpha value is -1.82. The zero-order valence-electron chi connectivity index (χ0n) is 12.7. The molecular formula is C15H22N6. The van der Waals surface area contributed by atoms with E-state index in [0.29, 0.717) is 5.92 Å². The maximum absolute atomic E-state index is 4.58. The fraction of sp³-hybridized carbons (Fsp3) is 0.600. The summed E-state index contributed by atoms with van der Waals surface area (Å²) in [4.78, 5) is 15.8. The quantitative estimate of drug-likeness (QED) is 0.928. The van der Waals surface area contributed by atoms with E-state index in [2.05, 4.69) is 37.0 Å². The summed E-state index contributed by atoms with van der Waals surface area (Å²) < 4.78 is 0. The molecule has 2 aromatic rings. The number of hydrogen-bond acceptors (Lipinski definition) is 5. The molecule has 6 nitrogen and oxygen atoms in total. The molecule has 3 rings (SSSR count). The van der Waals surface area contributed by atoms with Crippen LogP contribution in [0, 0.1) is 6.92 Å². The first kappa shape index (κ1) is 14.1. The number of likely N-dealkylation sites (tertiary alicyclic amines) is 1. The molecule has 0 aromatic carbocycles. The molecule has 6 heteroatoms. The molecule has 3 heterocycles. The van der Waals surface area contributed by atoms with E-state index in [-0.39, 0.29) is 0 Å². The third kappa shape index (κ3) is 3.44. The first-order valence-electron chi connectivity index (χ1n) is 7.66. The lowest BCUT2D eigenvalue weighted by Crippen LogP contribution is -2.33. The number of aromatic amines is 1. The largest absolute Gasteiger partial charge is 0.297 e. The van der Waals surface area contributed by atoms with Crippen LogP contribution in [0.1, 0.15) is 48.9 Å². The summed E-state index contributed by atoms with van der Waals surface area (Å²) in [5, 5.41) is 7.23. The molecule has 0 unspecified atom stereocenters. The highest BCUT2D eigenvalue weighted by Crippen LogP contribution is 2.25. The van der Waals surface area contributed by atoms with Crippen molar-refractivity contribution < 1.29 is 0 Å². The van der Waals surface area contributed by atoms with Crippen LogP contribution >= 0.6 is 0 Å². The minimum atomic E-state index is 0.489. The molecule has 0 bridgehead atoms. The van der Waals surface area contributed by atoms with Gasteiger partial charge in [-0.2, -0.15) is 5.10 Å². The number of hydrogen-bond donors (Lipinski definition) is 1. The van der Waals surface area contributed by atoms with Crippen LogP contribution in [0.15, 0.2) is 12.3 Å². The van der Waals surface area contributed by atoms with Crippen molar-refractivity contribution in [3.63, 3.8) is 0 Å². The lowest BCUT2D eigenvalue weighted by atomic mass is 9.96. The smallest absolute Gasteiger partial charge is 0.153 e. The van der Waals surface area contributed by atoms with E-state index in [1.54, 1.807) is 0 Å². The van der Waals surface area contributed by atoms with Gasteiger partial charge in [0.05, 0.1) is 5.69 Å². The minimum Gasteiger partial charge on any atom is -0.297 e. The van der Waals surface area contributed by atoms with Gasteiger partial charge < -0.3 is 0 Å². The van der Waals surface area contributed by atoms with Crippen molar-refractivity contribution in [2.75, 3.05) is 13.1 Å². The second kappa shape index (κ2) is 6.30. The number of aryl methyl sites for hydroxylation is 2. The van der Waals surface area contributed by atoms with Crippen LogP contribution in [-0.4, -0.2) is 43.1 Å². The van der Waals surface area contributed by atoms with Crippen molar-refractivity contribution in [2.45, 2.75) is 45.6 Å². The van der Waals surface area contributed by atoms with Crippen molar-refractivity contribution in [1.82, 2.24) is 30.0 Å². The Bertz CT molecular complexity index is 585. The van der Waals surface area contributed by atoms with Gasteiger partial charge in [-0.1, -0.05) is 6.92 Å². The summed E-state index contributed by atoms with van der Waals surface area (Å²) in [6, 6.07) is 2.02. The molecule has 0 saturated carbocycles. The summed E-state index contributed by atoms with van der Waals surface area (Å²) in [5.41, 5.74) is 1.12. The average molecular weight is 286 g/mol. The number of nitrogens with one attached hydrogen (secondary N) is 1. The average Bonchev–Trinajstić information content (AvgIpc) is 2.95. The Balaban J connectivity index is 1.56. The first-order chi connectivity index (χ1) is 10.2. The molecule has 112 valence electrons. The second-order valence-electron chi connectivity index (χ2n) is 5.65. The minimum absolute atomic E-state index is 0.489. The van der Waals surface area contributed by atoms with E-state index < -0.39 is 0 Å². The number of nitrogens with zero attached hydrogens (tertiary/aromatic N) is 5. The first-order valence-corrected chi connectivity index (χ1v) is 7.66. The van der Waals surface area contributed by atoms with Crippen molar-refractivity contribution in [3.05, 3.63) is 35.4 Å². The SMILES string of the molecule is CCc1nccc(CN2CCC(c3n[nH]c(C)n3)CC2)n1. The highest BCUT2D eigenvalue weighted by atomic mass is 15.2.